The van der Waals surface area contributed by atoms with Crippen molar-refractivity contribution in [2.75, 3.05) is 18.5 Å². The number of halogens is 1. The monoisotopic (exact) mass is 391 g/mol. The Hall–Kier alpha value is -0.610. The highest BCUT2D eigenvalue weighted by Crippen LogP contribution is 2.38. The molecule has 2 aliphatic heterocycles. The van der Waals surface area contributed by atoms with Crippen LogP contribution in [0.1, 0.15) is 12.8 Å². The summed E-state index contributed by atoms with van der Waals surface area (Å²) in [5, 5.41) is 0.549. The van der Waals surface area contributed by atoms with Gasteiger partial charge < -0.3 is 4.74 Å². The Kier molecular flexibility index (Phi) is 4.28. The van der Waals surface area contributed by atoms with Crippen LogP contribution in [-0.4, -0.2) is 32.5 Å². The molecule has 1 aromatic rings. The first-order valence-corrected chi connectivity index (χ1v) is 9.79. The molecule has 0 aromatic heterocycles. The van der Waals surface area contributed by atoms with E-state index in [9.17, 15) is 8.42 Å². The van der Waals surface area contributed by atoms with E-state index in [1.807, 2.05) is 0 Å². The first-order chi connectivity index (χ1) is 10.1. The first kappa shape index (κ1) is 15.3. The van der Waals surface area contributed by atoms with Crippen LogP contribution in [0.5, 0.6) is 0 Å². The van der Waals surface area contributed by atoms with Gasteiger partial charge in [-0.1, -0.05) is 22.0 Å². The second-order valence-corrected chi connectivity index (χ2v) is 7.76. The van der Waals surface area contributed by atoms with E-state index in [4.69, 9.17) is 4.74 Å². The van der Waals surface area contributed by atoms with Crippen LogP contribution >= 0.6 is 15.9 Å². The lowest BCUT2D eigenvalue weighted by atomic mass is 9.94. The summed E-state index contributed by atoms with van der Waals surface area (Å²) in [6.45, 7) is 1.10. The van der Waals surface area contributed by atoms with E-state index < -0.39 is 15.6 Å². The molecule has 21 heavy (non-hydrogen) atoms. The molecule has 1 N–H and O–H groups in total. The normalized spacial score (nSPS) is 20.0. The molecule has 0 bridgehead atoms. The summed E-state index contributed by atoms with van der Waals surface area (Å²) in [6.07, 6.45) is 1.28. The van der Waals surface area contributed by atoms with Gasteiger partial charge in [0, 0.05) is 24.1 Å². The molecule has 6 nitrogen and oxygen atoms in total. The van der Waals surface area contributed by atoms with Crippen molar-refractivity contribution < 1.29 is 13.2 Å². The van der Waals surface area contributed by atoms with Gasteiger partial charge >= 0.3 is 0 Å². The number of sulfonamides is 1. The fourth-order valence-corrected chi connectivity index (χ4v) is 5.48. The maximum Gasteiger partial charge on any atom is 0.243 e. The first-order valence-electron chi connectivity index (χ1n) is 6.45. The number of benzene rings is 1. The van der Waals surface area contributed by atoms with Crippen LogP contribution in [-0.2, 0) is 26.1 Å². The van der Waals surface area contributed by atoms with E-state index in [1.54, 1.807) is 18.2 Å². The van der Waals surface area contributed by atoms with Crippen LogP contribution in [0, 0.1) is 0 Å². The number of rotatable bonds is 4. The topological polar surface area (TPSA) is 80.1 Å². The number of nitrogens with zero attached hydrogens (tertiary/aromatic N) is 2. The lowest BCUT2D eigenvalue weighted by Crippen LogP contribution is -2.53. The molecule has 9 heteroatoms. The fraction of sp³-hybridized carbons (Fsp3) is 0.500. The second-order valence-electron chi connectivity index (χ2n) is 5.02. The summed E-state index contributed by atoms with van der Waals surface area (Å²) in [5.41, 5.74) is 0.511. The van der Waals surface area contributed by atoms with Crippen molar-refractivity contribution in [3.8, 4) is 0 Å². The van der Waals surface area contributed by atoms with E-state index in [1.165, 1.54) is 0 Å². The molecular formula is C12H14BrN3O3S2. The Labute approximate surface area is 135 Å². The van der Waals surface area contributed by atoms with Crippen molar-refractivity contribution in [2.24, 2.45) is 8.73 Å². The van der Waals surface area contributed by atoms with Gasteiger partial charge in [-0.2, -0.15) is 8.73 Å². The smallest absolute Gasteiger partial charge is 0.243 e. The van der Waals surface area contributed by atoms with Crippen molar-refractivity contribution in [2.45, 2.75) is 23.3 Å². The number of ether oxygens (including phenoxy) is 1. The van der Waals surface area contributed by atoms with Crippen LogP contribution in [0.4, 0.5) is 11.4 Å². The van der Waals surface area contributed by atoms with E-state index in [2.05, 4.69) is 29.4 Å². The van der Waals surface area contributed by atoms with Crippen molar-refractivity contribution in [3.63, 3.8) is 0 Å². The number of fused-ring (bicyclic) bond motifs is 1. The summed E-state index contributed by atoms with van der Waals surface area (Å²) in [7, 11) is -3.66. The van der Waals surface area contributed by atoms with E-state index in [0.29, 0.717) is 42.8 Å². The van der Waals surface area contributed by atoms with Gasteiger partial charge in [-0.3, -0.25) is 0 Å². The van der Waals surface area contributed by atoms with Gasteiger partial charge in [0.25, 0.3) is 0 Å². The highest BCUT2D eigenvalue weighted by atomic mass is 79.9. The molecule has 1 saturated heterocycles. The quantitative estimate of drug-likeness (QED) is 0.813. The van der Waals surface area contributed by atoms with Gasteiger partial charge in [0.2, 0.25) is 10.0 Å². The van der Waals surface area contributed by atoms with Gasteiger partial charge in [-0.05, 0) is 25.0 Å². The largest absolute Gasteiger partial charge is 0.381 e. The highest BCUT2D eigenvalue weighted by Gasteiger charge is 2.37. The zero-order valence-corrected chi connectivity index (χ0v) is 14.3. The zero-order chi connectivity index (χ0) is 14.9. The van der Waals surface area contributed by atoms with E-state index >= 15 is 0 Å². The third-order valence-electron chi connectivity index (χ3n) is 3.60. The van der Waals surface area contributed by atoms with Crippen LogP contribution < -0.4 is 4.72 Å². The molecule has 0 unspecified atom stereocenters. The maximum atomic E-state index is 12.7. The Bertz CT molecular complexity index is 723. The molecule has 0 saturated carbocycles. The van der Waals surface area contributed by atoms with Crippen molar-refractivity contribution in [1.29, 1.82) is 0 Å². The highest BCUT2D eigenvalue weighted by molar-refractivity contribution is 9.09. The standard InChI is InChI=1S/C12H14BrN3O3S2/c13-8-12(4-6-19-7-5-12)16-21(17,18)10-3-1-2-9-11(10)15-20-14-9/h1-3,16H,4-8H2. The predicted octanol–water partition coefficient (Wildman–Crippen LogP) is 2.64. The lowest BCUT2D eigenvalue weighted by Gasteiger charge is -2.36. The van der Waals surface area contributed by atoms with Gasteiger partial charge in [0.15, 0.2) is 0 Å². The average Bonchev–Trinajstić information content (AvgIpc) is 2.96. The molecular weight excluding hydrogens is 378 g/mol. The van der Waals surface area contributed by atoms with Crippen LogP contribution in [0.15, 0.2) is 31.8 Å². The van der Waals surface area contributed by atoms with Gasteiger partial charge in [-0.25, -0.2) is 13.1 Å². The minimum atomic E-state index is -3.66. The van der Waals surface area contributed by atoms with Crippen molar-refractivity contribution in [3.05, 3.63) is 18.2 Å². The van der Waals surface area contributed by atoms with Gasteiger partial charge in [0.05, 0.1) is 11.4 Å². The SMILES string of the molecule is O=S(=O)(NC1(CBr)CCOCC1)c1cccc2c1N=S=N2. The fourth-order valence-electron chi connectivity index (χ4n) is 2.36. The average molecular weight is 392 g/mol. The molecule has 114 valence electrons. The van der Waals surface area contributed by atoms with Crippen LogP contribution in [0.25, 0.3) is 0 Å². The summed E-state index contributed by atoms with van der Waals surface area (Å²) in [6, 6.07) is 5.00. The van der Waals surface area contributed by atoms with Gasteiger partial charge in [0.1, 0.15) is 16.3 Å². The van der Waals surface area contributed by atoms with Crippen LogP contribution in [0.2, 0.25) is 0 Å². The molecule has 0 amide bonds. The maximum absolute atomic E-state index is 12.7. The van der Waals surface area contributed by atoms with Gasteiger partial charge in [-0.15, -0.1) is 0 Å². The Morgan fingerprint density at radius 3 is 2.81 bits per heavy atom. The number of hydrogen-bond donors (Lipinski definition) is 1. The van der Waals surface area contributed by atoms with E-state index in [0.717, 1.165) is 11.4 Å². The number of hydrogen-bond acceptors (Lipinski definition) is 5. The summed E-state index contributed by atoms with van der Waals surface area (Å²) < 4.78 is 41.8. The lowest BCUT2D eigenvalue weighted by molar-refractivity contribution is 0.0557. The number of nitrogens with one attached hydrogen (secondary N) is 1. The van der Waals surface area contributed by atoms with Crippen LogP contribution in [0.3, 0.4) is 0 Å². The third kappa shape index (κ3) is 2.98. The summed E-state index contributed by atoms with van der Waals surface area (Å²) in [5.74, 6) is 0. The Morgan fingerprint density at radius 1 is 1.33 bits per heavy atom. The zero-order valence-electron chi connectivity index (χ0n) is 11.1. The minimum Gasteiger partial charge on any atom is -0.381 e. The summed E-state index contributed by atoms with van der Waals surface area (Å²) in [4.78, 5) is 0.181. The van der Waals surface area contributed by atoms with Crippen molar-refractivity contribution in [1.82, 2.24) is 4.72 Å². The van der Waals surface area contributed by atoms with E-state index in [-0.39, 0.29) is 4.90 Å². The molecule has 0 spiro atoms. The molecule has 0 aliphatic carbocycles. The number of alkyl halides is 1. The molecule has 1 fully saturated rings. The minimum absolute atomic E-state index is 0.181. The Balaban J connectivity index is 1.95. The molecule has 0 radical (unpaired) electrons. The second kappa shape index (κ2) is 5.88. The molecule has 2 heterocycles. The molecule has 3 rings (SSSR count). The third-order valence-corrected chi connectivity index (χ3v) is 6.82. The molecule has 2 aliphatic rings. The molecule has 0 atom stereocenters. The predicted molar refractivity (Wildman–Crippen MR) is 84.9 cm³/mol. The Morgan fingerprint density at radius 2 is 2.10 bits per heavy atom. The molecule has 1 aromatic carbocycles. The van der Waals surface area contributed by atoms with Crippen molar-refractivity contribution >= 4 is 48.7 Å². The summed E-state index contributed by atoms with van der Waals surface area (Å²) >= 11 is 4.44.